The molecular weight excluding hydrogens is 428 g/mol. The number of anilines is 1. The standard InChI is InChI=1S/C24H16N2O7/c1-14-4-2-6-17(10-14)25-22(28)19-9-8-16(12-20(19)23(25)29)24(30)33-13-21(27)15-5-3-7-18(11-15)26(31)32/h2-12H,13H2,1H3. The fourth-order valence-corrected chi connectivity index (χ4v) is 3.46. The molecule has 0 aliphatic carbocycles. The van der Waals surface area contributed by atoms with Crippen LogP contribution in [-0.4, -0.2) is 35.1 Å². The Morgan fingerprint density at radius 1 is 0.909 bits per heavy atom. The third-order valence-electron chi connectivity index (χ3n) is 5.10. The first-order valence-electron chi connectivity index (χ1n) is 9.80. The van der Waals surface area contributed by atoms with E-state index in [2.05, 4.69) is 0 Å². The number of aryl methyl sites for hydroxylation is 1. The number of carbonyl (C=O) groups is 4. The number of benzene rings is 3. The van der Waals surface area contributed by atoms with E-state index in [0.29, 0.717) is 5.69 Å². The van der Waals surface area contributed by atoms with Crippen LogP contribution in [0.1, 0.15) is 47.0 Å². The largest absolute Gasteiger partial charge is 0.454 e. The van der Waals surface area contributed by atoms with E-state index in [9.17, 15) is 29.3 Å². The predicted octanol–water partition coefficient (Wildman–Crippen LogP) is 3.74. The van der Waals surface area contributed by atoms with Crippen molar-refractivity contribution in [3.63, 3.8) is 0 Å². The minimum absolute atomic E-state index is 0.00663. The van der Waals surface area contributed by atoms with Gasteiger partial charge in [-0.1, -0.05) is 24.3 Å². The van der Waals surface area contributed by atoms with Crippen LogP contribution in [0, 0.1) is 17.0 Å². The Bertz CT molecular complexity index is 1350. The van der Waals surface area contributed by atoms with Gasteiger partial charge in [-0.3, -0.25) is 24.5 Å². The molecule has 9 nitrogen and oxygen atoms in total. The third-order valence-corrected chi connectivity index (χ3v) is 5.10. The highest BCUT2D eigenvalue weighted by Gasteiger charge is 2.37. The number of hydrogen-bond donors (Lipinski definition) is 0. The molecule has 1 aliphatic heterocycles. The summed E-state index contributed by atoms with van der Waals surface area (Å²) in [5.74, 6) is -2.56. The number of ether oxygens (including phenoxy) is 1. The quantitative estimate of drug-likeness (QED) is 0.186. The first-order valence-corrected chi connectivity index (χ1v) is 9.80. The molecular formula is C24H16N2O7. The lowest BCUT2D eigenvalue weighted by molar-refractivity contribution is -0.384. The van der Waals surface area contributed by atoms with Crippen molar-refractivity contribution < 1.29 is 28.8 Å². The van der Waals surface area contributed by atoms with Gasteiger partial charge >= 0.3 is 5.97 Å². The molecule has 0 spiro atoms. The van der Waals surface area contributed by atoms with Crippen LogP contribution in [0.3, 0.4) is 0 Å². The average Bonchev–Trinajstić information content (AvgIpc) is 3.06. The van der Waals surface area contributed by atoms with E-state index in [1.807, 2.05) is 13.0 Å². The Hall–Kier alpha value is -4.66. The maximum absolute atomic E-state index is 12.9. The molecule has 3 aromatic carbocycles. The number of nitro groups is 1. The van der Waals surface area contributed by atoms with Gasteiger partial charge in [0, 0.05) is 17.7 Å². The Balaban J connectivity index is 1.50. The summed E-state index contributed by atoms with van der Waals surface area (Å²) in [7, 11) is 0. The first-order chi connectivity index (χ1) is 15.8. The summed E-state index contributed by atoms with van der Waals surface area (Å²) in [5.41, 5.74) is 1.28. The zero-order chi connectivity index (χ0) is 23.7. The van der Waals surface area contributed by atoms with Crippen LogP contribution in [-0.2, 0) is 4.74 Å². The van der Waals surface area contributed by atoms with E-state index in [-0.39, 0.29) is 27.9 Å². The number of nitrogens with zero attached hydrogens (tertiary/aromatic N) is 2. The second kappa shape index (κ2) is 8.46. The number of amides is 2. The lowest BCUT2D eigenvalue weighted by Crippen LogP contribution is -2.29. The number of nitro benzene ring substituents is 1. The minimum atomic E-state index is -0.870. The van der Waals surface area contributed by atoms with Crippen molar-refractivity contribution in [1.82, 2.24) is 0 Å². The van der Waals surface area contributed by atoms with Crippen molar-refractivity contribution in [2.75, 3.05) is 11.5 Å². The van der Waals surface area contributed by atoms with Crippen LogP contribution in [0.5, 0.6) is 0 Å². The van der Waals surface area contributed by atoms with Gasteiger partial charge in [-0.15, -0.1) is 0 Å². The maximum Gasteiger partial charge on any atom is 0.338 e. The highest BCUT2D eigenvalue weighted by molar-refractivity contribution is 6.34. The normalized spacial score (nSPS) is 12.5. The van der Waals surface area contributed by atoms with Gasteiger partial charge in [0.25, 0.3) is 17.5 Å². The minimum Gasteiger partial charge on any atom is -0.454 e. The highest BCUT2D eigenvalue weighted by atomic mass is 16.6. The van der Waals surface area contributed by atoms with Crippen LogP contribution >= 0.6 is 0 Å². The van der Waals surface area contributed by atoms with Crippen LogP contribution in [0.15, 0.2) is 66.7 Å². The van der Waals surface area contributed by atoms with E-state index in [1.165, 1.54) is 36.4 Å². The third kappa shape index (κ3) is 4.11. The topological polar surface area (TPSA) is 124 Å². The first kappa shape index (κ1) is 21.6. The summed E-state index contributed by atoms with van der Waals surface area (Å²) >= 11 is 0. The van der Waals surface area contributed by atoms with E-state index in [0.717, 1.165) is 16.5 Å². The molecule has 33 heavy (non-hydrogen) atoms. The second-order valence-electron chi connectivity index (χ2n) is 7.35. The highest BCUT2D eigenvalue weighted by Crippen LogP contribution is 2.29. The Morgan fingerprint density at radius 2 is 1.64 bits per heavy atom. The molecule has 0 N–H and O–H groups in total. The number of Topliss-reactive ketones (excluding diaryl/α,β-unsaturated/α-hetero) is 1. The van der Waals surface area contributed by atoms with Crippen molar-refractivity contribution in [2.24, 2.45) is 0 Å². The van der Waals surface area contributed by atoms with Crippen LogP contribution < -0.4 is 4.90 Å². The van der Waals surface area contributed by atoms with Crippen molar-refractivity contribution in [1.29, 1.82) is 0 Å². The number of esters is 1. The molecule has 3 aromatic rings. The summed E-state index contributed by atoms with van der Waals surface area (Å²) in [6.45, 7) is 1.20. The molecule has 2 amide bonds. The molecule has 9 heteroatoms. The molecule has 0 bridgehead atoms. The SMILES string of the molecule is Cc1cccc(N2C(=O)c3ccc(C(=O)OCC(=O)c4cccc([N+](=O)[O-])c4)cc3C2=O)c1. The molecule has 0 fully saturated rings. The molecule has 0 radical (unpaired) electrons. The Kier molecular flexibility index (Phi) is 5.53. The van der Waals surface area contributed by atoms with Crippen molar-refractivity contribution in [3.8, 4) is 0 Å². The zero-order valence-corrected chi connectivity index (χ0v) is 17.3. The van der Waals surface area contributed by atoms with Gasteiger partial charge in [-0.25, -0.2) is 9.69 Å². The molecule has 4 rings (SSSR count). The van der Waals surface area contributed by atoms with Crippen LogP contribution in [0.4, 0.5) is 11.4 Å². The summed E-state index contributed by atoms with van der Waals surface area (Å²) in [5, 5.41) is 10.9. The lowest BCUT2D eigenvalue weighted by atomic mass is 10.1. The maximum atomic E-state index is 12.9. The van der Waals surface area contributed by atoms with Gasteiger partial charge in [0.1, 0.15) is 0 Å². The van der Waals surface area contributed by atoms with Gasteiger partial charge in [0.05, 0.1) is 27.3 Å². The zero-order valence-electron chi connectivity index (χ0n) is 17.3. The fraction of sp³-hybridized carbons (Fsp3) is 0.0833. The monoisotopic (exact) mass is 444 g/mol. The molecule has 164 valence electrons. The van der Waals surface area contributed by atoms with E-state index in [1.54, 1.807) is 18.2 Å². The summed E-state index contributed by atoms with van der Waals surface area (Å²) < 4.78 is 5.03. The lowest BCUT2D eigenvalue weighted by Gasteiger charge is -2.14. The van der Waals surface area contributed by atoms with Gasteiger partial charge in [0.15, 0.2) is 6.61 Å². The predicted molar refractivity (Wildman–Crippen MR) is 116 cm³/mol. The van der Waals surface area contributed by atoms with Crippen LogP contribution in [0.25, 0.3) is 0 Å². The molecule has 0 atom stereocenters. The van der Waals surface area contributed by atoms with Crippen molar-refractivity contribution >= 4 is 34.9 Å². The number of rotatable bonds is 6. The molecule has 0 saturated carbocycles. The smallest absolute Gasteiger partial charge is 0.338 e. The number of non-ortho nitro benzene ring substituents is 1. The Labute approximate surface area is 187 Å². The summed E-state index contributed by atoms with van der Waals surface area (Å²) in [4.78, 5) is 61.6. The van der Waals surface area contributed by atoms with Crippen molar-refractivity contribution in [2.45, 2.75) is 6.92 Å². The van der Waals surface area contributed by atoms with E-state index in [4.69, 9.17) is 4.74 Å². The van der Waals surface area contributed by atoms with Gasteiger partial charge in [-0.05, 0) is 42.8 Å². The molecule has 0 unspecified atom stereocenters. The Morgan fingerprint density at radius 3 is 2.36 bits per heavy atom. The van der Waals surface area contributed by atoms with Gasteiger partial charge < -0.3 is 4.74 Å². The van der Waals surface area contributed by atoms with Crippen molar-refractivity contribution in [3.05, 3.63) is 105 Å². The number of fused-ring (bicyclic) bond motifs is 1. The molecule has 0 saturated heterocycles. The van der Waals surface area contributed by atoms with Gasteiger partial charge in [-0.2, -0.15) is 0 Å². The molecule has 1 aliphatic rings. The number of imide groups is 1. The molecule has 1 heterocycles. The summed E-state index contributed by atoms with van der Waals surface area (Å²) in [6, 6.07) is 15.9. The fourth-order valence-electron chi connectivity index (χ4n) is 3.46. The van der Waals surface area contributed by atoms with E-state index < -0.39 is 35.1 Å². The summed E-state index contributed by atoms with van der Waals surface area (Å²) in [6.07, 6.45) is 0. The number of hydrogen-bond acceptors (Lipinski definition) is 7. The molecule has 0 aromatic heterocycles. The van der Waals surface area contributed by atoms with Crippen LogP contribution in [0.2, 0.25) is 0 Å². The second-order valence-corrected chi connectivity index (χ2v) is 7.35. The average molecular weight is 444 g/mol. The number of ketones is 1. The van der Waals surface area contributed by atoms with Gasteiger partial charge in [0.2, 0.25) is 5.78 Å². The van der Waals surface area contributed by atoms with E-state index >= 15 is 0 Å². The number of carbonyl (C=O) groups excluding carboxylic acids is 4.